The number of nitrogens with zero attached hydrogens (tertiary/aromatic N) is 1. The Kier molecular flexibility index (Phi) is 7.22. The van der Waals surface area contributed by atoms with Gasteiger partial charge in [0.25, 0.3) is 5.91 Å². The van der Waals surface area contributed by atoms with Crippen molar-refractivity contribution in [3.05, 3.63) is 77.0 Å². The predicted octanol–water partition coefficient (Wildman–Crippen LogP) is 6.48. The number of aliphatic imine (C=N–C) groups is 1. The summed E-state index contributed by atoms with van der Waals surface area (Å²) in [5, 5.41) is 3.64. The van der Waals surface area contributed by atoms with Crippen LogP contribution in [0.3, 0.4) is 0 Å². The van der Waals surface area contributed by atoms with E-state index in [0.29, 0.717) is 11.0 Å². The summed E-state index contributed by atoms with van der Waals surface area (Å²) in [6.07, 6.45) is -0.844. The molecule has 1 saturated carbocycles. The van der Waals surface area contributed by atoms with E-state index >= 15 is 0 Å². The maximum absolute atomic E-state index is 13.3. The molecule has 184 valence electrons. The van der Waals surface area contributed by atoms with E-state index in [2.05, 4.69) is 10.3 Å². The minimum absolute atomic E-state index is 0.0460. The van der Waals surface area contributed by atoms with E-state index in [1.54, 1.807) is 6.92 Å². The predicted molar refractivity (Wildman–Crippen MR) is 131 cm³/mol. The monoisotopic (exact) mass is 500 g/mol. The third-order valence-corrected chi connectivity index (χ3v) is 7.50. The molecule has 2 aliphatic rings. The van der Waals surface area contributed by atoms with Gasteiger partial charge in [-0.25, -0.2) is 0 Å². The highest BCUT2D eigenvalue weighted by atomic mass is 32.2. The number of carbonyl (C=O) groups is 2. The highest BCUT2D eigenvalue weighted by molar-refractivity contribution is 8.00. The van der Waals surface area contributed by atoms with Crippen molar-refractivity contribution >= 4 is 29.2 Å². The largest absolute Gasteiger partial charge is 0.416 e. The van der Waals surface area contributed by atoms with E-state index in [0.717, 1.165) is 17.7 Å². The molecule has 2 aromatic carbocycles. The van der Waals surface area contributed by atoms with Gasteiger partial charge in [-0.05, 0) is 55.0 Å². The van der Waals surface area contributed by atoms with Crippen LogP contribution in [0.1, 0.15) is 62.3 Å². The summed E-state index contributed by atoms with van der Waals surface area (Å²) in [6.45, 7) is 5.53. The van der Waals surface area contributed by atoms with Crippen LogP contribution < -0.4 is 5.32 Å². The Balaban J connectivity index is 1.53. The zero-order valence-electron chi connectivity index (χ0n) is 19.7. The topological polar surface area (TPSA) is 58.5 Å². The third-order valence-electron chi connectivity index (χ3n) is 6.15. The van der Waals surface area contributed by atoms with Gasteiger partial charge < -0.3 is 5.32 Å². The summed E-state index contributed by atoms with van der Waals surface area (Å²) in [5.74, 6) is -2.14. The zero-order chi connectivity index (χ0) is 25.3. The highest BCUT2D eigenvalue weighted by Gasteiger charge is 2.36. The molecule has 4 nitrogen and oxygen atoms in total. The lowest BCUT2D eigenvalue weighted by Gasteiger charge is -2.26. The fraction of sp³-hybridized carbons (Fsp3) is 0.370. The maximum atomic E-state index is 13.3. The van der Waals surface area contributed by atoms with Crippen LogP contribution in [-0.4, -0.2) is 22.7 Å². The third kappa shape index (κ3) is 5.86. The lowest BCUT2D eigenvalue weighted by atomic mass is 9.84. The van der Waals surface area contributed by atoms with Gasteiger partial charge >= 0.3 is 6.18 Å². The number of ketones is 1. The SMILES string of the molecule is CC1=NC=C(C(=O)NC(c2ccc(SC3CC3)cc2)C(C)C)C(=O)C1c1cccc(C(F)(F)F)c1. The minimum atomic E-state index is -4.54. The molecule has 1 N–H and O–H groups in total. The zero-order valence-corrected chi connectivity index (χ0v) is 20.5. The highest BCUT2D eigenvalue weighted by Crippen LogP contribution is 2.39. The maximum Gasteiger partial charge on any atom is 0.416 e. The van der Waals surface area contributed by atoms with Crippen LogP contribution >= 0.6 is 11.8 Å². The van der Waals surface area contributed by atoms with Gasteiger partial charge in [0.15, 0.2) is 5.78 Å². The number of benzene rings is 2. The number of hydrogen-bond acceptors (Lipinski definition) is 4. The molecule has 1 amide bonds. The van der Waals surface area contributed by atoms with E-state index in [1.807, 2.05) is 49.9 Å². The van der Waals surface area contributed by atoms with Crippen LogP contribution in [0.2, 0.25) is 0 Å². The van der Waals surface area contributed by atoms with E-state index in [9.17, 15) is 22.8 Å². The van der Waals surface area contributed by atoms with Crippen LogP contribution in [-0.2, 0) is 15.8 Å². The molecule has 1 aliphatic heterocycles. The fourth-order valence-electron chi connectivity index (χ4n) is 4.09. The molecule has 0 spiro atoms. The van der Waals surface area contributed by atoms with Gasteiger partial charge in [0.05, 0.1) is 17.5 Å². The first kappa shape index (κ1) is 25.2. The number of thioether (sulfide) groups is 1. The molecule has 4 rings (SSSR count). The molecular formula is C27H27F3N2O2S. The normalized spacial score (nSPS) is 19.3. The van der Waals surface area contributed by atoms with Crippen molar-refractivity contribution in [2.24, 2.45) is 10.9 Å². The van der Waals surface area contributed by atoms with Crippen molar-refractivity contribution in [1.82, 2.24) is 5.32 Å². The number of carbonyl (C=O) groups excluding carboxylic acids is 2. The number of halogens is 3. The summed E-state index contributed by atoms with van der Waals surface area (Å²) in [7, 11) is 0. The van der Waals surface area contributed by atoms with Crippen LogP contribution in [0.25, 0.3) is 0 Å². The van der Waals surface area contributed by atoms with Crippen molar-refractivity contribution in [3.8, 4) is 0 Å². The molecule has 1 fully saturated rings. The van der Waals surface area contributed by atoms with Gasteiger partial charge in [0.2, 0.25) is 0 Å². The van der Waals surface area contributed by atoms with Gasteiger partial charge in [-0.2, -0.15) is 13.2 Å². The smallest absolute Gasteiger partial charge is 0.345 e. The molecule has 0 saturated heterocycles. The lowest BCUT2D eigenvalue weighted by molar-refractivity contribution is -0.137. The van der Waals surface area contributed by atoms with Crippen molar-refractivity contribution in [2.45, 2.75) is 61.9 Å². The van der Waals surface area contributed by atoms with Crippen molar-refractivity contribution in [1.29, 1.82) is 0 Å². The van der Waals surface area contributed by atoms with Crippen LogP contribution in [0, 0.1) is 5.92 Å². The Hall–Kier alpha value is -2.87. The first-order valence-corrected chi connectivity index (χ1v) is 12.5. The first-order chi connectivity index (χ1) is 16.5. The summed E-state index contributed by atoms with van der Waals surface area (Å²) in [6, 6.07) is 12.3. The van der Waals surface area contributed by atoms with Gasteiger partial charge in [0.1, 0.15) is 5.57 Å². The van der Waals surface area contributed by atoms with E-state index in [1.165, 1.54) is 36.1 Å². The first-order valence-electron chi connectivity index (χ1n) is 11.6. The van der Waals surface area contributed by atoms with Crippen molar-refractivity contribution in [3.63, 3.8) is 0 Å². The molecule has 0 bridgehead atoms. The van der Waals surface area contributed by atoms with E-state index in [-0.39, 0.29) is 23.1 Å². The molecule has 2 aromatic rings. The molecule has 2 atom stereocenters. The fourth-order valence-corrected chi connectivity index (χ4v) is 5.14. The summed E-state index contributed by atoms with van der Waals surface area (Å²) in [5.41, 5.74) is 0.416. The second-order valence-corrected chi connectivity index (χ2v) is 10.7. The minimum Gasteiger partial charge on any atom is -0.345 e. The number of amides is 1. The molecule has 2 unspecified atom stereocenters. The Morgan fingerprint density at radius 2 is 1.80 bits per heavy atom. The summed E-state index contributed by atoms with van der Waals surface area (Å²) >= 11 is 1.85. The van der Waals surface area contributed by atoms with Gasteiger partial charge in [-0.15, -0.1) is 11.8 Å². The van der Waals surface area contributed by atoms with E-state index < -0.39 is 29.3 Å². The second-order valence-electron chi connectivity index (χ2n) is 9.32. The number of alkyl halides is 3. The van der Waals surface area contributed by atoms with Gasteiger partial charge in [-0.3, -0.25) is 14.6 Å². The summed E-state index contributed by atoms with van der Waals surface area (Å²) in [4.78, 5) is 31.8. The molecule has 0 aromatic heterocycles. The van der Waals surface area contributed by atoms with Crippen LogP contribution in [0.4, 0.5) is 13.2 Å². The van der Waals surface area contributed by atoms with Crippen molar-refractivity contribution < 1.29 is 22.8 Å². The standard InChI is InChI=1S/C27H27F3N2O2S/c1-15(2)24(17-7-9-20(10-8-17)35-21-11-12-21)32-26(34)22-14-31-16(3)23(25(22)33)18-5-4-6-19(13-18)27(28,29)30/h4-10,13-15,21,23-24H,11-12H2,1-3H3,(H,32,34). The lowest BCUT2D eigenvalue weighted by Crippen LogP contribution is -2.37. The number of rotatable bonds is 7. The average molecular weight is 501 g/mol. The molecular weight excluding hydrogens is 473 g/mol. The molecule has 8 heteroatoms. The molecule has 1 heterocycles. The molecule has 35 heavy (non-hydrogen) atoms. The molecule has 0 radical (unpaired) electrons. The van der Waals surface area contributed by atoms with E-state index in [4.69, 9.17) is 0 Å². The van der Waals surface area contributed by atoms with Crippen LogP contribution in [0.5, 0.6) is 0 Å². The number of hydrogen-bond donors (Lipinski definition) is 1. The van der Waals surface area contributed by atoms with Gasteiger partial charge in [-0.1, -0.05) is 44.2 Å². The number of nitrogens with one attached hydrogen (secondary N) is 1. The summed E-state index contributed by atoms with van der Waals surface area (Å²) < 4.78 is 39.6. The Morgan fingerprint density at radius 1 is 1.11 bits per heavy atom. The Morgan fingerprint density at radius 3 is 2.40 bits per heavy atom. The van der Waals surface area contributed by atoms with Crippen LogP contribution in [0.15, 0.2) is 70.2 Å². The average Bonchev–Trinajstić information content (AvgIpc) is 3.61. The quantitative estimate of drug-likeness (QED) is 0.443. The number of Topliss-reactive ketones (excluding diaryl/α,β-unsaturated/α-hetero) is 1. The van der Waals surface area contributed by atoms with Crippen molar-refractivity contribution in [2.75, 3.05) is 0 Å². The second kappa shape index (κ2) is 10.0. The Bertz CT molecular complexity index is 1180. The molecule has 1 aliphatic carbocycles. The van der Waals surface area contributed by atoms with Gasteiger partial charge in [0, 0.05) is 22.1 Å². The Labute approximate surface area is 207 Å².